The van der Waals surface area contributed by atoms with Gasteiger partial charge < -0.3 is 10.3 Å². The molecule has 8 heteroatoms. The van der Waals surface area contributed by atoms with Gasteiger partial charge in [-0.05, 0) is 56.5 Å². The van der Waals surface area contributed by atoms with Gasteiger partial charge in [-0.3, -0.25) is 4.31 Å². The van der Waals surface area contributed by atoms with Crippen molar-refractivity contribution in [2.24, 2.45) is 5.73 Å². The van der Waals surface area contributed by atoms with Crippen molar-refractivity contribution in [3.05, 3.63) is 60.4 Å². The number of aromatic nitrogens is 2. The lowest BCUT2D eigenvalue weighted by molar-refractivity contribution is 0.229. The van der Waals surface area contributed by atoms with Crippen LogP contribution in [0.25, 0.3) is 11.5 Å². The minimum atomic E-state index is -3.73. The normalized spacial score (nSPS) is 15.8. The molecule has 1 saturated carbocycles. The molecule has 2 aromatic carbocycles. The first-order valence-electron chi connectivity index (χ1n) is 9.25. The van der Waals surface area contributed by atoms with Gasteiger partial charge in [0.1, 0.15) is 0 Å². The summed E-state index contributed by atoms with van der Waals surface area (Å²) in [6, 6.07) is 15.6. The second kappa shape index (κ2) is 7.03. The number of rotatable bonds is 6. The number of nitrogens with two attached hydrogens (primary N) is 1. The Kier molecular flexibility index (Phi) is 4.68. The van der Waals surface area contributed by atoms with Gasteiger partial charge in [-0.2, -0.15) is 4.98 Å². The molecular weight excluding hydrogens is 376 g/mol. The summed E-state index contributed by atoms with van der Waals surface area (Å²) in [6.07, 6.45) is 2.69. The van der Waals surface area contributed by atoms with Gasteiger partial charge in [-0.1, -0.05) is 29.4 Å². The van der Waals surface area contributed by atoms with Gasteiger partial charge in [-0.25, -0.2) is 8.42 Å². The minimum absolute atomic E-state index is 0.168. The van der Waals surface area contributed by atoms with Crippen molar-refractivity contribution in [3.63, 3.8) is 0 Å². The Morgan fingerprint density at radius 2 is 1.89 bits per heavy atom. The molecule has 4 rings (SSSR count). The number of hydrogen-bond donors (Lipinski definition) is 1. The Balaban J connectivity index is 1.68. The molecule has 0 aliphatic heterocycles. The molecular formula is C20H22N4O3S. The van der Waals surface area contributed by atoms with Crippen LogP contribution < -0.4 is 10.0 Å². The van der Waals surface area contributed by atoms with E-state index in [1.165, 1.54) is 4.31 Å². The number of benzene rings is 2. The molecule has 0 atom stereocenters. The van der Waals surface area contributed by atoms with Crippen molar-refractivity contribution < 1.29 is 12.9 Å². The largest absolute Gasteiger partial charge is 0.334 e. The van der Waals surface area contributed by atoms with E-state index in [-0.39, 0.29) is 10.8 Å². The molecule has 28 heavy (non-hydrogen) atoms. The average molecular weight is 398 g/mol. The van der Waals surface area contributed by atoms with Crippen LogP contribution in [0, 0.1) is 0 Å². The maximum absolute atomic E-state index is 13.2. The topological polar surface area (TPSA) is 102 Å². The second-order valence-corrected chi connectivity index (χ2v) is 8.83. The molecule has 0 bridgehead atoms. The van der Waals surface area contributed by atoms with Crippen LogP contribution in [0.3, 0.4) is 0 Å². The number of para-hydroxylation sites is 1. The molecule has 0 unspecified atom stereocenters. The highest BCUT2D eigenvalue weighted by Crippen LogP contribution is 2.37. The highest BCUT2D eigenvalue weighted by Gasteiger charge is 2.39. The summed E-state index contributed by atoms with van der Waals surface area (Å²) < 4.78 is 33.1. The van der Waals surface area contributed by atoms with Crippen LogP contribution >= 0.6 is 0 Å². The lowest BCUT2D eigenvalue weighted by Crippen LogP contribution is -2.44. The summed E-state index contributed by atoms with van der Waals surface area (Å²) in [6.45, 7) is 2.12. The summed E-state index contributed by atoms with van der Waals surface area (Å²) in [5.74, 6) is 0.744. The molecule has 3 aromatic rings. The number of sulfonamides is 1. The van der Waals surface area contributed by atoms with E-state index in [2.05, 4.69) is 10.1 Å². The third-order valence-electron chi connectivity index (χ3n) is 5.12. The van der Waals surface area contributed by atoms with Crippen LogP contribution in [-0.4, -0.2) is 25.1 Å². The van der Waals surface area contributed by atoms with Crippen molar-refractivity contribution in [2.75, 3.05) is 10.8 Å². The Hall–Kier alpha value is -2.71. The zero-order valence-corrected chi connectivity index (χ0v) is 16.4. The number of anilines is 1. The van der Waals surface area contributed by atoms with Crippen LogP contribution in [0.5, 0.6) is 0 Å². The highest BCUT2D eigenvalue weighted by molar-refractivity contribution is 7.92. The predicted octanol–water partition coefficient (Wildman–Crippen LogP) is 3.29. The van der Waals surface area contributed by atoms with Crippen LogP contribution in [0.1, 0.15) is 32.0 Å². The van der Waals surface area contributed by atoms with E-state index in [4.69, 9.17) is 10.3 Å². The second-order valence-electron chi connectivity index (χ2n) is 6.97. The smallest absolute Gasteiger partial charge is 0.264 e. The third-order valence-corrected chi connectivity index (χ3v) is 7.02. The van der Waals surface area contributed by atoms with Crippen molar-refractivity contribution in [2.45, 2.75) is 36.6 Å². The van der Waals surface area contributed by atoms with Gasteiger partial charge in [-0.15, -0.1) is 0 Å². The Morgan fingerprint density at radius 3 is 2.54 bits per heavy atom. The molecule has 1 aromatic heterocycles. The fraction of sp³-hybridized carbons (Fsp3) is 0.300. The predicted molar refractivity (Wildman–Crippen MR) is 106 cm³/mol. The highest BCUT2D eigenvalue weighted by atomic mass is 32.2. The summed E-state index contributed by atoms with van der Waals surface area (Å²) >= 11 is 0. The molecule has 2 N–H and O–H groups in total. The summed E-state index contributed by atoms with van der Waals surface area (Å²) in [5, 5.41) is 4.01. The molecule has 1 aliphatic carbocycles. The fourth-order valence-corrected chi connectivity index (χ4v) is 4.85. The number of hydrogen-bond acceptors (Lipinski definition) is 6. The van der Waals surface area contributed by atoms with Crippen molar-refractivity contribution in [3.8, 4) is 11.5 Å². The van der Waals surface area contributed by atoms with E-state index in [0.29, 0.717) is 23.6 Å². The Labute approximate surface area is 164 Å². The Bertz CT molecular complexity index is 1080. The molecule has 0 spiro atoms. The van der Waals surface area contributed by atoms with Crippen molar-refractivity contribution in [1.82, 2.24) is 10.1 Å². The average Bonchev–Trinajstić information content (AvgIpc) is 3.18. The van der Waals surface area contributed by atoms with Crippen LogP contribution in [0.15, 0.2) is 64.0 Å². The van der Waals surface area contributed by atoms with Gasteiger partial charge in [0.25, 0.3) is 15.9 Å². The molecule has 0 radical (unpaired) electrons. The first-order chi connectivity index (χ1) is 13.4. The SMILES string of the molecule is CCN(c1ccccc1)S(=O)(=O)c1cccc(-c2nc(C3(N)CCC3)no2)c1. The third kappa shape index (κ3) is 3.18. The van der Waals surface area contributed by atoms with Crippen molar-refractivity contribution in [1.29, 1.82) is 0 Å². The van der Waals surface area contributed by atoms with Crippen molar-refractivity contribution >= 4 is 15.7 Å². The summed E-state index contributed by atoms with van der Waals surface area (Å²) in [5.41, 5.74) is 6.88. The van der Waals surface area contributed by atoms with Crippen LogP contribution in [0.2, 0.25) is 0 Å². The van der Waals surface area contributed by atoms with E-state index in [1.54, 1.807) is 43.3 Å². The number of nitrogens with zero attached hydrogens (tertiary/aromatic N) is 3. The first kappa shape index (κ1) is 18.6. The standard InChI is InChI=1S/C20H22N4O3S/c1-2-24(16-9-4-3-5-10-16)28(25,26)17-11-6-8-15(14-17)18-22-19(23-27-18)20(21)12-7-13-20/h3-6,8-11,14H,2,7,12-13,21H2,1H3. The lowest BCUT2D eigenvalue weighted by Gasteiger charge is -2.34. The first-order valence-corrected chi connectivity index (χ1v) is 10.7. The summed E-state index contributed by atoms with van der Waals surface area (Å²) in [7, 11) is -3.73. The molecule has 1 aliphatic rings. The maximum Gasteiger partial charge on any atom is 0.264 e. The zero-order chi connectivity index (χ0) is 19.8. The van der Waals surface area contributed by atoms with E-state index in [9.17, 15) is 8.42 Å². The molecule has 0 saturated heterocycles. The van der Waals surface area contributed by atoms with Gasteiger partial charge >= 0.3 is 0 Å². The maximum atomic E-state index is 13.2. The fourth-order valence-electron chi connectivity index (χ4n) is 3.33. The van der Waals surface area contributed by atoms with Gasteiger partial charge in [0.15, 0.2) is 5.82 Å². The molecule has 0 amide bonds. The van der Waals surface area contributed by atoms with E-state index in [0.717, 1.165) is 19.3 Å². The molecule has 1 heterocycles. The van der Waals surface area contributed by atoms with Gasteiger partial charge in [0.05, 0.1) is 16.1 Å². The lowest BCUT2D eigenvalue weighted by atomic mass is 9.77. The van der Waals surface area contributed by atoms with Crippen LogP contribution in [0.4, 0.5) is 5.69 Å². The van der Waals surface area contributed by atoms with Crippen LogP contribution in [-0.2, 0) is 15.6 Å². The van der Waals surface area contributed by atoms with E-state index >= 15 is 0 Å². The van der Waals surface area contributed by atoms with E-state index in [1.807, 2.05) is 18.2 Å². The summed E-state index contributed by atoms with van der Waals surface area (Å²) in [4.78, 5) is 4.58. The van der Waals surface area contributed by atoms with Gasteiger partial charge in [0, 0.05) is 12.1 Å². The Morgan fingerprint density at radius 1 is 1.14 bits per heavy atom. The molecule has 146 valence electrons. The molecule has 7 nitrogen and oxygen atoms in total. The quantitative estimate of drug-likeness (QED) is 0.683. The van der Waals surface area contributed by atoms with Gasteiger partial charge in [0.2, 0.25) is 0 Å². The van der Waals surface area contributed by atoms with E-state index < -0.39 is 15.6 Å². The zero-order valence-electron chi connectivity index (χ0n) is 15.6. The minimum Gasteiger partial charge on any atom is -0.334 e. The molecule has 1 fully saturated rings. The monoisotopic (exact) mass is 398 g/mol.